The number of alkyl halides is 6. The summed E-state index contributed by atoms with van der Waals surface area (Å²) < 4.78 is 77.5. The highest BCUT2D eigenvalue weighted by Gasteiger charge is 2.49. The number of oxime groups is 1. The predicted octanol–water partition coefficient (Wildman–Crippen LogP) is 0.474. The van der Waals surface area contributed by atoms with Gasteiger partial charge in [0.1, 0.15) is 13.2 Å². The number of nitrogens with two attached hydrogens (primary N) is 1. The number of hydroxylamine groups is 2. The van der Waals surface area contributed by atoms with Crippen LogP contribution >= 0.6 is 0 Å². The van der Waals surface area contributed by atoms with E-state index in [1.54, 1.807) is 0 Å². The third-order valence-corrected chi connectivity index (χ3v) is 2.66. The number of ether oxygens (including phenoxy) is 1. The number of nitrogens with zero attached hydrogens (tertiary/aromatic N) is 2. The first-order valence-corrected chi connectivity index (χ1v) is 6.07. The number of halogens is 6. The van der Waals surface area contributed by atoms with Crippen molar-refractivity contribution >= 4 is 17.7 Å². The lowest BCUT2D eigenvalue weighted by Gasteiger charge is -2.37. The highest BCUT2D eigenvalue weighted by Crippen LogP contribution is 2.25. The lowest BCUT2D eigenvalue weighted by atomic mass is 10.0. The van der Waals surface area contributed by atoms with Gasteiger partial charge in [-0.2, -0.15) is 26.3 Å². The van der Waals surface area contributed by atoms with E-state index in [1.165, 1.54) is 0 Å². The van der Waals surface area contributed by atoms with Gasteiger partial charge in [0.2, 0.25) is 6.23 Å². The Morgan fingerprint density at radius 1 is 1.17 bits per heavy atom. The molecule has 0 aromatic rings. The molecule has 0 amide bonds. The van der Waals surface area contributed by atoms with Crippen molar-refractivity contribution in [2.75, 3.05) is 13.7 Å². The molecule has 0 aromatic carbocycles. The van der Waals surface area contributed by atoms with Crippen molar-refractivity contribution in [3.63, 3.8) is 0 Å². The molecule has 1 saturated heterocycles. The number of piperidine rings is 1. The molecule has 14 heteroatoms. The van der Waals surface area contributed by atoms with Crippen LogP contribution in [0.2, 0.25) is 0 Å². The van der Waals surface area contributed by atoms with Crippen LogP contribution in [0.5, 0.6) is 0 Å². The highest BCUT2D eigenvalue weighted by atomic mass is 19.4. The van der Waals surface area contributed by atoms with Crippen LogP contribution in [0, 0.1) is 0 Å². The lowest BCUT2D eigenvalue weighted by Crippen LogP contribution is -2.60. The van der Waals surface area contributed by atoms with Crippen molar-refractivity contribution in [1.82, 2.24) is 5.06 Å². The van der Waals surface area contributed by atoms with Gasteiger partial charge in [-0.15, -0.1) is 0 Å². The molecule has 24 heavy (non-hydrogen) atoms. The van der Waals surface area contributed by atoms with Gasteiger partial charge >= 0.3 is 24.3 Å². The molecule has 1 rings (SSSR count). The molecule has 0 spiro atoms. The number of rotatable bonds is 3. The minimum Gasteiger partial charge on any atom is -0.434 e. The Morgan fingerprint density at radius 3 is 2.17 bits per heavy atom. The standard InChI is InChI=1S/C10H11F6N3O5/c1-22-18-4-2-3-19(24-8(21)10(14,15)16)6(5(4)17)23-7(20)9(11,12)13/h5-6H,2-3,17H2,1H3/b18-4+. The predicted molar refractivity (Wildman–Crippen MR) is 61.8 cm³/mol. The Hall–Kier alpha value is -2.09. The fourth-order valence-electron chi connectivity index (χ4n) is 1.65. The van der Waals surface area contributed by atoms with Gasteiger partial charge in [0.15, 0.2) is 0 Å². The zero-order valence-corrected chi connectivity index (χ0v) is 11.8. The first-order valence-electron chi connectivity index (χ1n) is 6.07. The minimum atomic E-state index is -5.44. The average molecular weight is 367 g/mol. The summed E-state index contributed by atoms with van der Waals surface area (Å²) in [5.41, 5.74) is 5.41. The monoisotopic (exact) mass is 367 g/mol. The summed E-state index contributed by atoms with van der Waals surface area (Å²) in [4.78, 5) is 30.0. The Morgan fingerprint density at radius 2 is 1.71 bits per heavy atom. The van der Waals surface area contributed by atoms with Gasteiger partial charge < -0.3 is 20.1 Å². The molecule has 0 bridgehead atoms. The maximum Gasteiger partial charge on any atom is 0.492 e. The molecular formula is C10H11F6N3O5. The molecule has 0 saturated carbocycles. The summed E-state index contributed by atoms with van der Waals surface area (Å²) in [6, 6.07) is -1.62. The molecule has 2 unspecified atom stereocenters. The summed E-state index contributed by atoms with van der Waals surface area (Å²) in [6.45, 7) is -0.562. The first kappa shape index (κ1) is 20.0. The second kappa shape index (κ2) is 7.21. The molecule has 1 aliphatic heterocycles. The largest absolute Gasteiger partial charge is 0.492 e. The maximum atomic E-state index is 12.3. The van der Waals surface area contributed by atoms with Crippen LogP contribution < -0.4 is 5.73 Å². The Bertz CT molecular complexity index is 520. The molecule has 0 aromatic heterocycles. The number of carbonyl (C=O) groups excluding carboxylic acids is 2. The van der Waals surface area contributed by atoms with Gasteiger partial charge in [0.05, 0.1) is 5.71 Å². The Kier molecular flexibility index (Phi) is 5.99. The van der Waals surface area contributed by atoms with Crippen molar-refractivity contribution in [3.05, 3.63) is 0 Å². The van der Waals surface area contributed by atoms with Crippen LogP contribution in [0.3, 0.4) is 0 Å². The second-order valence-corrected chi connectivity index (χ2v) is 4.35. The van der Waals surface area contributed by atoms with E-state index in [-0.39, 0.29) is 17.2 Å². The van der Waals surface area contributed by atoms with E-state index in [1.807, 2.05) is 0 Å². The number of hydrogen-bond donors (Lipinski definition) is 1. The van der Waals surface area contributed by atoms with Crippen molar-refractivity contribution < 1.29 is 50.3 Å². The van der Waals surface area contributed by atoms with E-state index >= 15 is 0 Å². The van der Waals surface area contributed by atoms with Crippen LogP contribution in [0.25, 0.3) is 0 Å². The zero-order valence-electron chi connectivity index (χ0n) is 11.8. The van der Waals surface area contributed by atoms with Crippen LogP contribution in [-0.2, 0) is 24.0 Å². The molecule has 1 heterocycles. The normalized spacial score (nSPS) is 24.6. The van der Waals surface area contributed by atoms with Crippen LogP contribution in [-0.4, -0.2) is 61.0 Å². The van der Waals surface area contributed by atoms with Gasteiger partial charge in [-0.1, -0.05) is 10.2 Å². The summed E-state index contributed by atoms with van der Waals surface area (Å²) in [6.07, 6.45) is -13.2. The van der Waals surface area contributed by atoms with Gasteiger partial charge in [-0.3, -0.25) is 0 Å². The van der Waals surface area contributed by atoms with Gasteiger partial charge in [0, 0.05) is 13.0 Å². The summed E-state index contributed by atoms with van der Waals surface area (Å²) >= 11 is 0. The van der Waals surface area contributed by atoms with Crippen molar-refractivity contribution in [2.24, 2.45) is 10.9 Å². The fourth-order valence-corrected chi connectivity index (χ4v) is 1.65. The third kappa shape index (κ3) is 4.95. The van der Waals surface area contributed by atoms with Crippen LogP contribution in [0.15, 0.2) is 5.16 Å². The van der Waals surface area contributed by atoms with E-state index in [0.29, 0.717) is 0 Å². The summed E-state index contributed by atoms with van der Waals surface area (Å²) in [5, 5.41) is 3.47. The van der Waals surface area contributed by atoms with Crippen molar-refractivity contribution in [2.45, 2.75) is 31.0 Å². The number of hydrogen-bond acceptors (Lipinski definition) is 8. The van der Waals surface area contributed by atoms with E-state index in [2.05, 4.69) is 19.6 Å². The molecule has 1 aliphatic rings. The SMILES string of the molecule is CO/N=C1\CCN(OC(=O)C(F)(F)F)C(OC(=O)C(F)(F)F)C1N. The molecule has 0 aliphatic carbocycles. The second-order valence-electron chi connectivity index (χ2n) is 4.35. The topological polar surface area (TPSA) is 103 Å². The third-order valence-electron chi connectivity index (χ3n) is 2.66. The smallest absolute Gasteiger partial charge is 0.434 e. The van der Waals surface area contributed by atoms with Crippen LogP contribution in [0.1, 0.15) is 6.42 Å². The van der Waals surface area contributed by atoms with E-state index in [0.717, 1.165) is 7.11 Å². The Labute approximate surface area is 130 Å². The molecule has 1 fully saturated rings. The molecule has 138 valence electrons. The Balaban J connectivity index is 3.01. The molecular weight excluding hydrogens is 356 g/mol. The number of esters is 1. The van der Waals surface area contributed by atoms with Gasteiger partial charge in [-0.05, 0) is 0 Å². The molecule has 2 N–H and O–H groups in total. The number of carbonyl (C=O) groups is 2. The summed E-state index contributed by atoms with van der Waals surface area (Å²) in [5.74, 6) is -5.44. The summed E-state index contributed by atoms with van der Waals surface area (Å²) in [7, 11) is 1.09. The minimum absolute atomic E-state index is 0.0960. The quantitative estimate of drug-likeness (QED) is 0.439. The first-order chi connectivity index (χ1) is 10.9. The van der Waals surface area contributed by atoms with E-state index in [4.69, 9.17) is 5.73 Å². The molecule has 8 nitrogen and oxygen atoms in total. The van der Waals surface area contributed by atoms with Crippen LogP contribution in [0.4, 0.5) is 26.3 Å². The molecule has 0 radical (unpaired) electrons. The maximum absolute atomic E-state index is 12.3. The van der Waals surface area contributed by atoms with E-state index in [9.17, 15) is 35.9 Å². The van der Waals surface area contributed by atoms with E-state index < -0.39 is 43.1 Å². The van der Waals surface area contributed by atoms with Gasteiger partial charge in [0.25, 0.3) is 0 Å². The molecule has 2 atom stereocenters. The highest BCUT2D eigenvalue weighted by molar-refractivity contribution is 5.91. The fraction of sp³-hybridized carbons (Fsp3) is 0.700. The lowest BCUT2D eigenvalue weighted by molar-refractivity contribution is -0.279. The zero-order chi connectivity index (χ0) is 18.7. The van der Waals surface area contributed by atoms with Crippen molar-refractivity contribution in [3.8, 4) is 0 Å². The average Bonchev–Trinajstić information content (AvgIpc) is 2.43. The van der Waals surface area contributed by atoms with Crippen molar-refractivity contribution in [1.29, 1.82) is 0 Å². The van der Waals surface area contributed by atoms with Gasteiger partial charge in [-0.25, -0.2) is 9.59 Å².